The molecule has 0 fully saturated rings. The van der Waals surface area contributed by atoms with Gasteiger partial charge in [-0.3, -0.25) is 4.79 Å². The zero-order valence-electron chi connectivity index (χ0n) is 23.6. The van der Waals surface area contributed by atoms with Crippen LogP contribution in [0.15, 0.2) is 112 Å². The van der Waals surface area contributed by atoms with E-state index in [4.69, 9.17) is 4.74 Å². The molecule has 0 aliphatic rings. The maximum atomic E-state index is 13.8. The van der Waals surface area contributed by atoms with Crippen LogP contribution in [0.1, 0.15) is 35.3 Å². The minimum absolute atomic E-state index is 0.108. The Kier molecular flexibility index (Phi) is 9.66. The highest BCUT2D eigenvalue weighted by Gasteiger charge is 2.25. The molecule has 0 atom stereocenters. The van der Waals surface area contributed by atoms with Crippen LogP contribution < -0.4 is 9.75 Å². The first kappa shape index (κ1) is 30.6. The van der Waals surface area contributed by atoms with Crippen molar-refractivity contribution in [1.29, 1.82) is 0 Å². The molecule has 0 aliphatic carbocycles. The Morgan fingerprint density at radius 1 is 0.977 bits per heavy atom. The van der Waals surface area contributed by atoms with Crippen molar-refractivity contribution in [2.24, 2.45) is 5.10 Å². The van der Waals surface area contributed by atoms with E-state index < -0.39 is 15.9 Å². The first-order valence-electron chi connectivity index (χ1n) is 13.6. The summed E-state index contributed by atoms with van der Waals surface area (Å²) in [5.41, 5.74) is 2.67. The van der Waals surface area contributed by atoms with Gasteiger partial charge in [0.1, 0.15) is 5.75 Å². The summed E-state index contributed by atoms with van der Waals surface area (Å²) in [6.45, 7) is 4.84. The molecule has 5 rings (SSSR count). The molecule has 0 unspecified atom stereocenters. The number of hydrazone groups is 1. The molecular weight excluding hydrogens is 648 g/mol. The summed E-state index contributed by atoms with van der Waals surface area (Å²) in [6.07, 6.45) is 1.58. The number of rotatable bonds is 11. The third-order valence-electron chi connectivity index (χ3n) is 6.52. The van der Waals surface area contributed by atoms with Gasteiger partial charge >= 0.3 is 0 Å². The first-order valence-corrected chi connectivity index (χ1v) is 16.6. The lowest BCUT2D eigenvalue weighted by Gasteiger charge is -2.21. The number of hydrogen-bond donors (Lipinski definition) is 0. The van der Waals surface area contributed by atoms with Crippen LogP contribution in [0.25, 0.3) is 10.2 Å². The van der Waals surface area contributed by atoms with Gasteiger partial charge < -0.3 is 4.74 Å². The van der Waals surface area contributed by atoms with Gasteiger partial charge in [-0.05, 0) is 84.8 Å². The highest BCUT2D eigenvalue weighted by molar-refractivity contribution is 9.10. The second kappa shape index (κ2) is 13.6. The summed E-state index contributed by atoms with van der Waals surface area (Å²) in [6, 6.07) is 28.4. The zero-order chi connectivity index (χ0) is 30.4. The van der Waals surface area contributed by atoms with Crippen LogP contribution in [0, 0.1) is 0 Å². The molecule has 220 valence electrons. The van der Waals surface area contributed by atoms with Gasteiger partial charge in [0.05, 0.1) is 27.9 Å². The zero-order valence-corrected chi connectivity index (χ0v) is 26.8. The van der Waals surface area contributed by atoms with Crippen LogP contribution in [0.2, 0.25) is 0 Å². The molecule has 0 saturated heterocycles. The Bertz CT molecular complexity index is 1840. The Hall–Kier alpha value is -3.90. The fraction of sp³-hybridized carbons (Fsp3) is 0.156. The van der Waals surface area contributed by atoms with Gasteiger partial charge in [0.25, 0.3) is 5.91 Å². The summed E-state index contributed by atoms with van der Waals surface area (Å²) < 4.78 is 35.6. The lowest BCUT2D eigenvalue weighted by Crippen LogP contribution is -2.30. The minimum Gasteiger partial charge on any atom is -0.494 e. The van der Waals surface area contributed by atoms with Crippen LogP contribution in [-0.2, 0) is 16.6 Å². The molecule has 0 saturated carbocycles. The minimum atomic E-state index is -3.79. The van der Waals surface area contributed by atoms with Crippen molar-refractivity contribution >= 4 is 64.8 Å². The van der Waals surface area contributed by atoms with Gasteiger partial charge in [-0.15, -0.1) is 0 Å². The van der Waals surface area contributed by atoms with E-state index in [2.05, 4.69) is 26.0 Å². The molecule has 0 N–H and O–H groups in total. The highest BCUT2D eigenvalue weighted by atomic mass is 79.9. The normalized spacial score (nSPS) is 11.8. The number of aromatic nitrogens is 1. The van der Waals surface area contributed by atoms with Gasteiger partial charge in [0.2, 0.25) is 15.2 Å². The Morgan fingerprint density at radius 2 is 1.70 bits per heavy atom. The number of nitrogens with zero attached hydrogens (tertiary/aromatic N) is 4. The Morgan fingerprint density at radius 3 is 2.37 bits per heavy atom. The molecule has 1 heterocycles. The number of halogens is 1. The fourth-order valence-electron chi connectivity index (χ4n) is 4.30. The molecule has 11 heteroatoms. The summed E-state index contributed by atoms with van der Waals surface area (Å²) in [5.74, 6) is 0.297. The van der Waals surface area contributed by atoms with Crippen molar-refractivity contribution in [1.82, 2.24) is 9.29 Å². The molecular formula is C32H29BrN4O4S2. The van der Waals surface area contributed by atoms with E-state index in [0.29, 0.717) is 18.3 Å². The second-order valence-corrected chi connectivity index (χ2v) is 13.3. The topological polar surface area (TPSA) is 92.2 Å². The van der Waals surface area contributed by atoms with Crippen LogP contribution in [-0.4, -0.2) is 43.0 Å². The Balaban J connectivity index is 1.44. The van der Waals surface area contributed by atoms with Crippen molar-refractivity contribution in [3.8, 4) is 5.75 Å². The van der Waals surface area contributed by atoms with E-state index in [1.807, 2.05) is 79.7 Å². The lowest BCUT2D eigenvalue weighted by atomic mass is 10.2. The van der Waals surface area contributed by atoms with E-state index in [1.54, 1.807) is 13.1 Å². The van der Waals surface area contributed by atoms with Crippen molar-refractivity contribution in [3.63, 3.8) is 0 Å². The molecule has 0 aliphatic heterocycles. The number of sulfonamides is 1. The van der Waals surface area contributed by atoms with Crippen LogP contribution in [0.5, 0.6) is 5.75 Å². The summed E-state index contributed by atoms with van der Waals surface area (Å²) in [5, 5.41) is 6.15. The van der Waals surface area contributed by atoms with E-state index in [9.17, 15) is 13.2 Å². The molecule has 1 aromatic heterocycles. The number of carbonyl (C=O) groups excluding carboxylic acids is 1. The SMILES string of the molecule is CCOc1ccc(/C=N/N(C(=O)c2ccc(S(=O)(=O)N(CC)Cc3ccccc3)cc2)c2nc3ccc(Br)cc3s2)cc1. The number of carbonyl (C=O) groups is 1. The number of amides is 1. The molecule has 0 spiro atoms. The maximum Gasteiger partial charge on any atom is 0.280 e. The molecule has 5 aromatic rings. The summed E-state index contributed by atoms with van der Waals surface area (Å²) >= 11 is 4.81. The third-order valence-corrected chi connectivity index (χ3v) is 9.94. The van der Waals surface area contributed by atoms with Crippen LogP contribution in [0.4, 0.5) is 5.13 Å². The third kappa shape index (κ3) is 7.19. The molecule has 43 heavy (non-hydrogen) atoms. The van der Waals surface area contributed by atoms with Crippen molar-refractivity contribution < 1.29 is 17.9 Å². The summed E-state index contributed by atoms with van der Waals surface area (Å²) in [7, 11) is -3.79. The standard InChI is InChI=1S/C32H29BrN4O4S2/c1-3-36(22-24-8-6-5-7-9-24)43(39,40)28-17-12-25(13-18-28)31(38)37(32-35-29-19-14-26(33)20-30(29)42-32)34-21-23-10-15-27(16-11-23)41-4-2/h5-21H,3-4,22H2,1-2H3/b34-21+. The monoisotopic (exact) mass is 676 g/mol. The van der Waals surface area contributed by atoms with Gasteiger partial charge in [-0.1, -0.05) is 64.5 Å². The number of hydrogen-bond acceptors (Lipinski definition) is 7. The van der Waals surface area contributed by atoms with Gasteiger partial charge in [-0.2, -0.15) is 14.4 Å². The Labute approximate surface area is 263 Å². The second-order valence-electron chi connectivity index (χ2n) is 9.41. The van der Waals surface area contributed by atoms with E-state index in [-0.39, 0.29) is 17.0 Å². The average Bonchev–Trinajstić information content (AvgIpc) is 3.44. The lowest BCUT2D eigenvalue weighted by molar-refractivity contribution is 0.0987. The maximum absolute atomic E-state index is 13.8. The van der Waals surface area contributed by atoms with Crippen LogP contribution >= 0.6 is 27.3 Å². The number of ether oxygens (including phenoxy) is 1. The number of benzene rings is 4. The van der Waals surface area contributed by atoms with Crippen molar-refractivity contribution in [2.45, 2.75) is 25.3 Å². The van der Waals surface area contributed by atoms with Crippen LogP contribution in [0.3, 0.4) is 0 Å². The quantitative estimate of drug-likeness (QED) is 0.108. The van der Waals surface area contributed by atoms with E-state index in [1.165, 1.54) is 44.9 Å². The predicted molar refractivity (Wildman–Crippen MR) is 175 cm³/mol. The average molecular weight is 678 g/mol. The first-order chi connectivity index (χ1) is 20.8. The smallest absolute Gasteiger partial charge is 0.280 e. The predicted octanol–water partition coefficient (Wildman–Crippen LogP) is 7.35. The van der Waals surface area contributed by atoms with E-state index in [0.717, 1.165) is 31.6 Å². The molecule has 0 radical (unpaired) electrons. The largest absolute Gasteiger partial charge is 0.494 e. The number of fused-ring (bicyclic) bond motifs is 1. The van der Waals surface area contributed by atoms with E-state index >= 15 is 0 Å². The van der Waals surface area contributed by atoms with Crippen molar-refractivity contribution in [3.05, 3.63) is 118 Å². The summed E-state index contributed by atoms with van der Waals surface area (Å²) in [4.78, 5) is 18.6. The van der Waals surface area contributed by atoms with Crippen molar-refractivity contribution in [2.75, 3.05) is 18.2 Å². The number of thiazole rings is 1. The van der Waals surface area contributed by atoms with Gasteiger partial charge in [0.15, 0.2) is 0 Å². The van der Waals surface area contributed by atoms with Gasteiger partial charge in [-0.25, -0.2) is 13.4 Å². The highest BCUT2D eigenvalue weighted by Crippen LogP contribution is 2.32. The number of anilines is 1. The molecule has 1 amide bonds. The van der Waals surface area contributed by atoms with Gasteiger partial charge in [0, 0.05) is 23.1 Å². The molecule has 8 nitrogen and oxygen atoms in total. The fourth-order valence-corrected chi connectivity index (χ4v) is 7.21. The molecule has 0 bridgehead atoms. The molecule has 4 aromatic carbocycles.